The predicted molar refractivity (Wildman–Crippen MR) is 103 cm³/mol. The van der Waals surface area contributed by atoms with Crippen LogP contribution in [0.5, 0.6) is 0 Å². The van der Waals surface area contributed by atoms with Crippen LogP contribution in [0, 0.1) is 17.1 Å². The number of hydrogen-bond donors (Lipinski definition) is 1. The summed E-state index contributed by atoms with van der Waals surface area (Å²) in [6.45, 7) is 5.38. The highest BCUT2D eigenvalue weighted by Gasteiger charge is 2.42. The number of piperazine rings is 1. The van der Waals surface area contributed by atoms with E-state index in [-0.39, 0.29) is 17.8 Å². The standard InChI is InChI=1S/C21H29FN4O/c1-17(20(27)24(2)21(16-23)10-4-3-5-11-21)25-12-14-26(15-13-25)19-8-6-18(22)7-9-19/h6-9,17H,3-5,10-15H2,1-2H3/p+1/t17-/m0/s1. The van der Waals surface area contributed by atoms with E-state index in [1.165, 1.54) is 17.0 Å². The summed E-state index contributed by atoms with van der Waals surface area (Å²) in [6, 6.07) is 8.88. The lowest BCUT2D eigenvalue weighted by Crippen LogP contribution is -3.19. The lowest BCUT2D eigenvalue weighted by molar-refractivity contribution is -0.915. The molecular weight excluding hydrogens is 343 g/mol. The van der Waals surface area contributed by atoms with E-state index in [2.05, 4.69) is 11.0 Å². The average Bonchev–Trinajstić information content (AvgIpc) is 2.73. The Balaban J connectivity index is 1.59. The number of nitrogens with zero attached hydrogens (tertiary/aromatic N) is 3. The first-order chi connectivity index (χ1) is 13.0. The number of nitrogens with one attached hydrogen (secondary N) is 1. The summed E-state index contributed by atoms with van der Waals surface area (Å²) < 4.78 is 13.1. The third-order valence-electron chi connectivity index (χ3n) is 6.44. The SMILES string of the molecule is C[C@@H](C(=O)N(C)C1(C#N)CCCCC1)[NH+]1CCN(c2ccc(F)cc2)CC1. The summed E-state index contributed by atoms with van der Waals surface area (Å²) in [5.74, 6) is -0.150. The Morgan fingerprint density at radius 1 is 1.22 bits per heavy atom. The number of quaternary nitrogens is 1. The van der Waals surface area contributed by atoms with Crippen molar-refractivity contribution >= 4 is 11.6 Å². The molecule has 1 aromatic carbocycles. The van der Waals surface area contributed by atoms with Gasteiger partial charge in [-0.3, -0.25) is 4.79 Å². The molecule has 2 aliphatic rings. The number of benzene rings is 1. The second kappa shape index (κ2) is 8.26. The number of carbonyl (C=O) groups excluding carboxylic acids is 1. The average molecular weight is 373 g/mol. The summed E-state index contributed by atoms with van der Waals surface area (Å²) in [5, 5.41) is 9.75. The molecule has 1 aliphatic carbocycles. The molecule has 0 unspecified atom stereocenters. The fourth-order valence-corrected chi connectivity index (χ4v) is 4.47. The lowest BCUT2D eigenvalue weighted by Gasteiger charge is -2.42. The predicted octanol–water partition coefficient (Wildman–Crippen LogP) is 1.60. The fourth-order valence-electron chi connectivity index (χ4n) is 4.47. The van der Waals surface area contributed by atoms with Gasteiger partial charge >= 0.3 is 0 Å². The molecule has 1 atom stereocenters. The van der Waals surface area contributed by atoms with E-state index < -0.39 is 5.54 Å². The molecule has 0 aromatic heterocycles. The quantitative estimate of drug-likeness (QED) is 0.872. The van der Waals surface area contributed by atoms with Gasteiger partial charge in [0.1, 0.15) is 11.4 Å². The number of amides is 1. The maximum atomic E-state index is 13.1. The summed E-state index contributed by atoms with van der Waals surface area (Å²) >= 11 is 0. The number of hydrogen-bond acceptors (Lipinski definition) is 3. The normalized spacial score (nSPS) is 21.3. The third kappa shape index (κ3) is 4.08. The van der Waals surface area contributed by atoms with Crippen LogP contribution in [0.3, 0.4) is 0 Å². The van der Waals surface area contributed by atoms with Gasteiger partial charge in [0.2, 0.25) is 0 Å². The van der Waals surface area contributed by atoms with Crippen LogP contribution in [-0.4, -0.2) is 55.6 Å². The highest BCUT2D eigenvalue weighted by molar-refractivity contribution is 5.81. The number of rotatable bonds is 4. The summed E-state index contributed by atoms with van der Waals surface area (Å²) in [5.41, 5.74) is 0.399. The number of halogens is 1. The first kappa shape index (κ1) is 19.6. The van der Waals surface area contributed by atoms with Gasteiger partial charge in [0.05, 0.1) is 32.2 Å². The lowest BCUT2D eigenvalue weighted by atomic mass is 9.81. The number of anilines is 1. The highest BCUT2D eigenvalue weighted by atomic mass is 19.1. The molecule has 1 amide bonds. The molecular formula is C21H30FN4O+. The molecule has 0 spiro atoms. The van der Waals surface area contributed by atoms with Crippen molar-refractivity contribution in [2.45, 2.75) is 50.6 Å². The molecule has 5 nitrogen and oxygen atoms in total. The van der Waals surface area contributed by atoms with E-state index in [9.17, 15) is 14.4 Å². The van der Waals surface area contributed by atoms with Gasteiger partial charge in [0.25, 0.3) is 5.91 Å². The smallest absolute Gasteiger partial charge is 0.281 e. The molecule has 1 heterocycles. The molecule has 3 rings (SSSR count). The Morgan fingerprint density at radius 2 is 1.81 bits per heavy atom. The number of carbonyl (C=O) groups is 1. The van der Waals surface area contributed by atoms with Crippen LogP contribution in [-0.2, 0) is 4.79 Å². The molecule has 146 valence electrons. The van der Waals surface area contributed by atoms with Crippen LogP contribution < -0.4 is 9.80 Å². The van der Waals surface area contributed by atoms with Crippen molar-refractivity contribution in [1.82, 2.24) is 4.90 Å². The fraction of sp³-hybridized carbons (Fsp3) is 0.619. The largest absolute Gasteiger partial charge is 0.360 e. The topological polar surface area (TPSA) is 51.8 Å². The molecule has 6 heteroatoms. The second-order valence-corrected chi connectivity index (χ2v) is 7.94. The van der Waals surface area contributed by atoms with E-state index in [0.717, 1.165) is 64.0 Å². The Kier molecular flexibility index (Phi) is 6.01. The monoisotopic (exact) mass is 373 g/mol. The van der Waals surface area contributed by atoms with Gasteiger partial charge in [-0.25, -0.2) is 4.39 Å². The first-order valence-corrected chi connectivity index (χ1v) is 10.0. The van der Waals surface area contributed by atoms with Crippen molar-refractivity contribution < 1.29 is 14.1 Å². The van der Waals surface area contributed by atoms with Crippen LogP contribution >= 0.6 is 0 Å². The van der Waals surface area contributed by atoms with Crippen molar-refractivity contribution in [3.63, 3.8) is 0 Å². The van der Waals surface area contributed by atoms with Crippen molar-refractivity contribution in [3.05, 3.63) is 30.1 Å². The van der Waals surface area contributed by atoms with Gasteiger partial charge in [-0.05, 0) is 44.0 Å². The van der Waals surface area contributed by atoms with Gasteiger partial charge in [0, 0.05) is 12.7 Å². The van der Waals surface area contributed by atoms with Crippen molar-refractivity contribution in [2.24, 2.45) is 0 Å². The van der Waals surface area contributed by atoms with Crippen LogP contribution in [0.1, 0.15) is 39.0 Å². The maximum absolute atomic E-state index is 13.1. The van der Waals surface area contributed by atoms with Crippen molar-refractivity contribution in [2.75, 3.05) is 38.1 Å². The summed E-state index contributed by atoms with van der Waals surface area (Å²) in [7, 11) is 1.81. The molecule has 1 aromatic rings. The number of likely N-dealkylation sites (N-methyl/N-ethyl adjacent to an activating group) is 1. The van der Waals surface area contributed by atoms with E-state index in [0.29, 0.717) is 0 Å². The van der Waals surface area contributed by atoms with E-state index in [4.69, 9.17) is 0 Å². The molecule has 27 heavy (non-hydrogen) atoms. The van der Waals surface area contributed by atoms with Gasteiger partial charge in [0.15, 0.2) is 6.04 Å². The molecule has 1 saturated carbocycles. The zero-order valence-corrected chi connectivity index (χ0v) is 16.4. The van der Waals surface area contributed by atoms with Gasteiger partial charge in [-0.2, -0.15) is 5.26 Å². The molecule has 0 radical (unpaired) electrons. The Morgan fingerprint density at radius 3 is 2.37 bits per heavy atom. The van der Waals surface area contributed by atoms with Crippen LogP contribution in [0.4, 0.5) is 10.1 Å². The number of nitriles is 1. The third-order valence-corrected chi connectivity index (χ3v) is 6.44. The van der Waals surface area contributed by atoms with Gasteiger partial charge in [-0.15, -0.1) is 0 Å². The Labute approximate surface area is 161 Å². The van der Waals surface area contributed by atoms with E-state index in [1.54, 1.807) is 4.90 Å². The summed E-state index contributed by atoms with van der Waals surface area (Å²) in [4.78, 5) is 18.3. The van der Waals surface area contributed by atoms with Gasteiger partial charge < -0.3 is 14.7 Å². The highest BCUT2D eigenvalue weighted by Crippen LogP contribution is 2.32. The summed E-state index contributed by atoms with van der Waals surface area (Å²) in [6.07, 6.45) is 4.75. The zero-order valence-electron chi connectivity index (χ0n) is 16.4. The molecule has 1 saturated heterocycles. The minimum Gasteiger partial charge on any atom is -0.360 e. The Hall–Kier alpha value is -2.13. The molecule has 0 bridgehead atoms. The second-order valence-electron chi connectivity index (χ2n) is 7.94. The first-order valence-electron chi connectivity index (χ1n) is 10.0. The van der Waals surface area contributed by atoms with Crippen molar-refractivity contribution in [3.8, 4) is 6.07 Å². The van der Waals surface area contributed by atoms with E-state index in [1.807, 2.05) is 26.1 Å². The van der Waals surface area contributed by atoms with Gasteiger partial charge in [-0.1, -0.05) is 19.3 Å². The molecule has 1 N–H and O–H groups in total. The minimum absolute atomic E-state index is 0.0729. The van der Waals surface area contributed by atoms with Crippen molar-refractivity contribution in [1.29, 1.82) is 5.26 Å². The van der Waals surface area contributed by atoms with Crippen LogP contribution in [0.2, 0.25) is 0 Å². The zero-order chi connectivity index (χ0) is 19.4. The minimum atomic E-state index is -0.626. The van der Waals surface area contributed by atoms with Crippen LogP contribution in [0.25, 0.3) is 0 Å². The molecule has 1 aliphatic heterocycles. The van der Waals surface area contributed by atoms with Crippen LogP contribution in [0.15, 0.2) is 24.3 Å². The van der Waals surface area contributed by atoms with E-state index >= 15 is 0 Å². The Bertz CT molecular complexity index is 685. The molecule has 2 fully saturated rings. The maximum Gasteiger partial charge on any atom is 0.281 e.